The Morgan fingerprint density at radius 3 is 1.57 bits per heavy atom. The van der Waals surface area contributed by atoms with Crippen molar-refractivity contribution in [2.24, 2.45) is 0 Å². The Labute approximate surface area is 50.2 Å². The van der Waals surface area contributed by atoms with E-state index in [2.05, 4.69) is 0 Å². The van der Waals surface area contributed by atoms with Gasteiger partial charge in [-0.25, -0.2) is 0 Å². The molecule has 0 nitrogen and oxygen atoms in total. The van der Waals surface area contributed by atoms with E-state index in [0.29, 0.717) is 0 Å². The summed E-state index contributed by atoms with van der Waals surface area (Å²) in [6.45, 7) is 2.00. The van der Waals surface area contributed by atoms with Crippen LogP contribution < -0.4 is 0 Å². The van der Waals surface area contributed by atoms with Crippen LogP contribution in [-0.2, 0) is 0 Å². The van der Waals surface area contributed by atoms with Crippen molar-refractivity contribution in [3.8, 4) is 0 Å². The molecule has 0 aliphatic rings. The summed E-state index contributed by atoms with van der Waals surface area (Å²) in [5.74, 6) is 4.00. The first-order valence-electron chi connectivity index (χ1n) is 2.00. The Morgan fingerprint density at radius 1 is 0.857 bits per heavy atom. The molecule has 7 heavy (non-hydrogen) atoms. The van der Waals surface area contributed by atoms with Crippen LogP contribution in [0.15, 0.2) is 30.1 Å². The van der Waals surface area contributed by atoms with Crippen molar-refractivity contribution >= 4 is 19.3 Å². The zero-order valence-electron chi connectivity index (χ0n) is 3.87. The molecule has 0 N–H and O–H groups in total. The third-order valence-electron chi connectivity index (χ3n) is 0.667. The van der Waals surface area contributed by atoms with E-state index in [4.69, 9.17) is 0 Å². The van der Waals surface area contributed by atoms with Crippen LogP contribution in [0.25, 0.3) is 0 Å². The molecule has 0 aliphatic heterocycles. The molecule has 1 heterocycles. The molecular formula is C5H6BCl. The van der Waals surface area contributed by atoms with Gasteiger partial charge in [0.2, 0.25) is 0 Å². The van der Waals surface area contributed by atoms with E-state index in [-0.39, 0.29) is 12.4 Å². The number of halogens is 1. The Morgan fingerprint density at radius 2 is 1.43 bits per heavy atom. The van der Waals surface area contributed by atoms with Crippen molar-refractivity contribution in [3.05, 3.63) is 30.1 Å². The first-order valence-corrected chi connectivity index (χ1v) is 2.00. The van der Waals surface area contributed by atoms with Gasteiger partial charge < -0.3 is 0 Å². The van der Waals surface area contributed by atoms with Crippen molar-refractivity contribution in [3.63, 3.8) is 0 Å². The van der Waals surface area contributed by atoms with Crippen molar-refractivity contribution in [1.29, 1.82) is 0 Å². The molecule has 1 aromatic heterocycles. The van der Waals surface area contributed by atoms with E-state index in [1.807, 2.05) is 37.0 Å². The second-order valence-corrected chi connectivity index (χ2v) is 1.15. The van der Waals surface area contributed by atoms with Gasteiger partial charge in [0.15, 0.2) is 0 Å². The molecule has 1 aromatic rings. The van der Waals surface area contributed by atoms with Crippen molar-refractivity contribution < 1.29 is 0 Å². The van der Waals surface area contributed by atoms with E-state index in [0.717, 1.165) is 0 Å². The number of hydrogen-bond donors (Lipinski definition) is 0. The van der Waals surface area contributed by atoms with Gasteiger partial charge in [-0.2, -0.15) is 0 Å². The van der Waals surface area contributed by atoms with E-state index in [1.165, 1.54) is 0 Å². The van der Waals surface area contributed by atoms with Crippen LogP contribution in [0.1, 0.15) is 0 Å². The predicted molar refractivity (Wildman–Crippen MR) is 35.0 cm³/mol. The summed E-state index contributed by atoms with van der Waals surface area (Å²) in [6, 6.07) is 6.00. The molecule has 0 saturated heterocycles. The minimum absolute atomic E-state index is 0. The average Bonchev–Trinajstić information content (AvgIpc) is 1.72. The monoisotopic (exact) mass is 112 g/mol. The number of rotatable bonds is 0. The van der Waals surface area contributed by atoms with E-state index < -0.39 is 0 Å². The molecule has 0 radical (unpaired) electrons. The van der Waals surface area contributed by atoms with E-state index in [9.17, 15) is 0 Å². The van der Waals surface area contributed by atoms with Gasteiger partial charge in [-0.15, -0.1) is 12.4 Å². The molecule has 0 bridgehead atoms. The second-order valence-electron chi connectivity index (χ2n) is 1.15. The summed E-state index contributed by atoms with van der Waals surface area (Å²) in [5, 5.41) is 0. The summed E-state index contributed by atoms with van der Waals surface area (Å²) in [4.78, 5) is 0. The summed E-state index contributed by atoms with van der Waals surface area (Å²) in [6.07, 6.45) is 0. The average molecular weight is 112 g/mol. The first kappa shape index (κ1) is 6.70. The summed E-state index contributed by atoms with van der Waals surface area (Å²) >= 11 is 0. The maximum atomic E-state index is 2.00. The molecule has 0 atom stereocenters. The summed E-state index contributed by atoms with van der Waals surface area (Å²) in [5.41, 5.74) is 0. The van der Waals surface area contributed by atoms with Crippen LogP contribution in [0.3, 0.4) is 0 Å². The third kappa shape index (κ3) is 2.41. The molecule has 0 saturated carbocycles. The molecule has 0 fully saturated rings. The quantitative estimate of drug-likeness (QED) is 0.476. The van der Waals surface area contributed by atoms with Gasteiger partial charge in [0.25, 0.3) is 0 Å². The molecule has 2 heteroatoms. The normalized spacial score (nSPS) is 6.29. The Kier molecular flexibility index (Phi) is 3.72. The van der Waals surface area contributed by atoms with Gasteiger partial charge in [-0.05, 0) is 0 Å². The van der Waals surface area contributed by atoms with E-state index >= 15 is 0 Å². The zero-order valence-corrected chi connectivity index (χ0v) is 4.69. The summed E-state index contributed by atoms with van der Waals surface area (Å²) < 4.78 is 0. The minimum atomic E-state index is 0. The fraction of sp³-hybridized carbons (Fsp3) is 0. The standard InChI is InChI=1S/C5H5B.ClH/c1-2-4-6-5-3-1;/h1-5H;1H. The van der Waals surface area contributed by atoms with Gasteiger partial charge in [0.05, 0.1) is 0 Å². The molecule has 1 rings (SSSR count). The summed E-state index contributed by atoms with van der Waals surface area (Å²) in [7, 11) is 0. The molecule has 0 aliphatic carbocycles. The molecular weight excluding hydrogens is 106 g/mol. The molecule has 0 amide bonds. The van der Waals surface area contributed by atoms with Crippen LogP contribution >= 0.6 is 12.4 Å². The van der Waals surface area contributed by atoms with Gasteiger partial charge in [0.1, 0.15) is 0 Å². The number of hydrogen-bond acceptors (Lipinski definition) is 0. The zero-order chi connectivity index (χ0) is 4.24. The van der Waals surface area contributed by atoms with Crippen LogP contribution in [-0.4, -0.2) is 6.91 Å². The van der Waals surface area contributed by atoms with E-state index in [1.54, 1.807) is 0 Å². The molecule has 0 spiro atoms. The Balaban J connectivity index is 0.000000360. The van der Waals surface area contributed by atoms with Crippen molar-refractivity contribution in [1.82, 2.24) is 0 Å². The van der Waals surface area contributed by atoms with Gasteiger partial charge in [-0.3, -0.25) is 0 Å². The van der Waals surface area contributed by atoms with Gasteiger partial charge in [0, 0.05) is 0 Å². The van der Waals surface area contributed by atoms with Crippen LogP contribution in [0.2, 0.25) is 0 Å². The van der Waals surface area contributed by atoms with Crippen LogP contribution in [0.4, 0.5) is 0 Å². The predicted octanol–water partition coefficient (Wildman–Crippen LogP) is 1.45. The van der Waals surface area contributed by atoms with Crippen LogP contribution in [0, 0.1) is 0 Å². The van der Waals surface area contributed by atoms with Crippen molar-refractivity contribution in [2.45, 2.75) is 0 Å². The van der Waals surface area contributed by atoms with Gasteiger partial charge >= 0.3 is 37.0 Å². The maximum absolute atomic E-state index is 2.00. The Hall–Kier alpha value is -0.295. The molecule has 36 valence electrons. The van der Waals surface area contributed by atoms with Gasteiger partial charge in [-0.1, -0.05) is 0 Å². The van der Waals surface area contributed by atoms with Crippen LogP contribution in [0.5, 0.6) is 0 Å². The fourth-order valence-corrected chi connectivity index (χ4v) is 0.385. The SMILES string of the molecule is Cl.b1ccccc1. The topological polar surface area (TPSA) is 0 Å². The fourth-order valence-electron chi connectivity index (χ4n) is 0.385. The Bertz CT molecular complexity index is 80.0. The molecule has 0 unspecified atom stereocenters. The third-order valence-corrected chi connectivity index (χ3v) is 0.667. The first-order chi connectivity index (χ1) is 3.00. The second kappa shape index (κ2) is 3.88. The molecule has 0 aromatic carbocycles. The van der Waals surface area contributed by atoms with Crippen molar-refractivity contribution in [2.75, 3.05) is 0 Å².